The summed E-state index contributed by atoms with van der Waals surface area (Å²) in [5, 5.41) is 0. The molecule has 2 aromatic rings. The van der Waals surface area contributed by atoms with E-state index in [2.05, 4.69) is 32.0 Å². The number of amides is 1. The second-order valence-electron chi connectivity index (χ2n) is 7.17. The van der Waals surface area contributed by atoms with Gasteiger partial charge in [-0.3, -0.25) is 4.79 Å². The highest BCUT2D eigenvalue weighted by Gasteiger charge is 2.24. The minimum atomic E-state index is 0.185. The van der Waals surface area contributed by atoms with E-state index in [4.69, 9.17) is 10.5 Å². The van der Waals surface area contributed by atoms with Crippen LogP contribution < -0.4 is 10.5 Å². The van der Waals surface area contributed by atoms with Crippen molar-refractivity contribution in [3.8, 4) is 5.75 Å². The Morgan fingerprint density at radius 1 is 1.15 bits per heavy atom. The van der Waals surface area contributed by atoms with Crippen molar-refractivity contribution in [3.05, 3.63) is 59.2 Å². The number of anilines is 1. The van der Waals surface area contributed by atoms with E-state index >= 15 is 0 Å². The predicted octanol–water partition coefficient (Wildman–Crippen LogP) is 3.89. The molecule has 4 nitrogen and oxygen atoms in total. The second kappa shape index (κ2) is 8.26. The van der Waals surface area contributed by atoms with Gasteiger partial charge in [-0.25, -0.2) is 0 Å². The van der Waals surface area contributed by atoms with E-state index < -0.39 is 0 Å². The van der Waals surface area contributed by atoms with Gasteiger partial charge >= 0.3 is 0 Å². The van der Waals surface area contributed by atoms with Crippen molar-refractivity contribution in [3.63, 3.8) is 0 Å². The third kappa shape index (κ3) is 4.57. The standard InChI is InChI=1S/C22H28N2O2/c1-16-7-8-17(2)21(15-16)26-19-11-13-24(14-12-19)22(25)10-9-18-5-3-4-6-20(18)23/h3-8,15,19H,9-14,23H2,1-2H3. The number of carbonyl (C=O) groups is 1. The molecule has 1 amide bonds. The van der Waals surface area contributed by atoms with Gasteiger partial charge in [-0.15, -0.1) is 0 Å². The first-order valence-electron chi connectivity index (χ1n) is 9.38. The van der Waals surface area contributed by atoms with Crippen LogP contribution in [0.5, 0.6) is 5.75 Å². The topological polar surface area (TPSA) is 55.6 Å². The molecule has 1 aliphatic heterocycles. The number of piperidine rings is 1. The number of carbonyl (C=O) groups excluding carboxylic acids is 1. The van der Waals surface area contributed by atoms with E-state index in [0.717, 1.165) is 48.5 Å². The Kier molecular flexibility index (Phi) is 5.82. The Morgan fingerprint density at radius 3 is 2.62 bits per heavy atom. The monoisotopic (exact) mass is 352 g/mol. The van der Waals surface area contributed by atoms with Gasteiger partial charge in [0.05, 0.1) is 0 Å². The Hall–Kier alpha value is -2.49. The SMILES string of the molecule is Cc1ccc(C)c(OC2CCN(C(=O)CCc3ccccc3N)CC2)c1. The Bertz CT molecular complexity index is 764. The number of nitrogens with zero attached hydrogens (tertiary/aromatic N) is 1. The molecule has 138 valence electrons. The van der Waals surface area contributed by atoms with E-state index in [9.17, 15) is 4.79 Å². The summed E-state index contributed by atoms with van der Waals surface area (Å²) in [5.41, 5.74) is 10.1. The lowest BCUT2D eigenvalue weighted by Gasteiger charge is -2.32. The number of hydrogen-bond acceptors (Lipinski definition) is 3. The summed E-state index contributed by atoms with van der Waals surface area (Å²) in [6.45, 7) is 5.67. The highest BCUT2D eigenvalue weighted by molar-refractivity contribution is 5.76. The first kappa shape index (κ1) is 18.3. The average molecular weight is 352 g/mol. The van der Waals surface area contributed by atoms with Crippen LogP contribution in [0.1, 0.15) is 36.0 Å². The fraction of sp³-hybridized carbons (Fsp3) is 0.409. The number of aryl methyl sites for hydroxylation is 3. The molecule has 1 saturated heterocycles. The maximum atomic E-state index is 12.5. The molecule has 4 heteroatoms. The van der Waals surface area contributed by atoms with E-state index in [1.54, 1.807) is 0 Å². The molecule has 26 heavy (non-hydrogen) atoms. The predicted molar refractivity (Wildman–Crippen MR) is 105 cm³/mol. The van der Waals surface area contributed by atoms with Crippen molar-refractivity contribution in [2.24, 2.45) is 0 Å². The fourth-order valence-corrected chi connectivity index (χ4v) is 3.40. The van der Waals surface area contributed by atoms with Gasteiger partial charge in [-0.1, -0.05) is 30.3 Å². The molecule has 0 aliphatic carbocycles. The summed E-state index contributed by atoms with van der Waals surface area (Å²) in [4.78, 5) is 14.5. The summed E-state index contributed by atoms with van der Waals surface area (Å²) in [6, 6.07) is 14.1. The number of hydrogen-bond donors (Lipinski definition) is 1. The number of nitrogens with two attached hydrogens (primary N) is 1. The quantitative estimate of drug-likeness (QED) is 0.831. The number of ether oxygens (including phenoxy) is 1. The van der Waals surface area contributed by atoms with Crippen LogP contribution in [0.2, 0.25) is 0 Å². The first-order valence-corrected chi connectivity index (χ1v) is 9.38. The molecule has 2 aromatic carbocycles. The number of benzene rings is 2. The zero-order valence-corrected chi connectivity index (χ0v) is 15.7. The minimum absolute atomic E-state index is 0.185. The minimum Gasteiger partial charge on any atom is -0.490 e. The maximum Gasteiger partial charge on any atom is 0.222 e. The Labute approximate surface area is 156 Å². The van der Waals surface area contributed by atoms with E-state index in [-0.39, 0.29) is 12.0 Å². The molecule has 0 saturated carbocycles. The lowest BCUT2D eigenvalue weighted by molar-refractivity contribution is -0.132. The lowest BCUT2D eigenvalue weighted by atomic mass is 10.0. The van der Waals surface area contributed by atoms with Crippen molar-refractivity contribution < 1.29 is 9.53 Å². The van der Waals surface area contributed by atoms with Crippen molar-refractivity contribution in [1.29, 1.82) is 0 Å². The molecule has 1 heterocycles. The third-order valence-corrected chi connectivity index (χ3v) is 5.10. The maximum absolute atomic E-state index is 12.5. The highest BCUT2D eigenvalue weighted by atomic mass is 16.5. The van der Waals surface area contributed by atoms with Gasteiger partial charge in [0.2, 0.25) is 5.91 Å². The van der Waals surface area contributed by atoms with Crippen LogP contribution in [-0.4, -0.2) is 30.0 Å². The normalized spacial score (nSPS) is 15.1. The summed E-state index contributed by atoms with van der Waals surface area (Å²) >= 11 is 0. The van der Waals surface area contributed by atoms with Crippen LogP contribution in [0, 0.1) is 13.8 Å². The lowest BCUT2D eigenvalue weighted by Crippen LogP contribution is -2.41. The summed E-state index contributed by atoms with van der Waals surface area (Å²) in [6.07, 6.45) is 3.16. The van der Waals surface area contributed by atoms with Gasteiger partial charge in [0, 0.05) is 38.0 Å². The van der Waals surface area contributed by atoms with Crippen molar-refractivity contribution >= 4 is 11.6 Å². The molecule has 1 aliphatic rings. The molecule has 1 fully saturated rings. The molecule has 0 spiro atoms. The molecule has 0 aromatic heterocycles. The van der Waals surface area contributed by atoms with Crippen LogP contribution in [0.3, 0.4) is 0 Å². The number of para-hydroxylation sites is 1. The Morgan fingerprint density at radius 2 is 1.88 bits per heavy atom. The molecule has 0 unspecified atom stereocenters. The molecule has 0 atom stereocenters. The average Bonchev–Trinajstić information content (AvgIpc) is 2.64. The molecule has 3 rings (SSSR count). The third-order valence-electron chi connectivity index (χ3n) is 5.10. The largest absolute Gasteiger partial charge is 0.490 e. The molecular weight excluding hydrogens is 324 g/mol. The van der Waals surface area contributed by atoms with Crippen molar-refractivity contribution in [1.82, 2.24) is 4.90 Å². The second-order valence-corrected chi connectivity index (χ2v) is 7.17. The van der Waals surface area contributed by atoms with Gasteiger partial charge in [0.25, 0.3) is 0 Å². The van der Waals surface area contributed by atoms with Gasteiger partial charge in [0.1, 0.15) is 11.9 Å². The van der Waals surface area contributed by atoms with E-state index in [1.807, 2.05) is 29.2 Å². The van der Waals surface area contributed by atoms with Gasteiger partial charge in [-0.05, 0) is 49.1 Å². The molecule has 2 N–H and O–H groups in total. The Balaban J connectivity index is 1.48. The van der Waals surface area contributed by atoms with Crippen molar-refractivity contribution in [2.45, 2.75) is 45.6 Å². The zero-order chi connectivity index (χ0) is 18.5. The van der Waals surface area contributed by atoms with Crippen LogP contribution in [0.4, 0.5) is 5.69 Å². The zero-order valence-electron chi connectivity index (χ0n) is 15.7. The number of likely N-dealkylation sites (tertiary alicyclic amines) is 1. The summed E-state index contributed by atoms with van der Waals surface area (Å²) in [7, 11) is 0. The molecular formula is C22H28N2O2. The van der Waals surface area contributed by atoms with Crippen LogP contribution in [0.25, 0.3) is 0 Å². The van der Waals surface area contributed by atoms with Gasteiger partial charge < -0.3 is 15.4 Å². The van der Waals surface area contributed by atoms with Gasteiger partial charge in [-0.2, -0.15) is 0 Å². The number of rotatable bonds is 5. The summed E-state index contributed by atoms with van der Waals surface area (Å²) in [5.74, 6) is 1.17. The van der Waals surface area contributed by atoms with E-state index in [0.29, 0.717) is 12.8 Å². The number of nitrogen functional groups attached to an aromatic ring is 1. The first-order chi connectivity index (χ1) is 12.5. The van der Waals surface area contributed by atoms with Crippen LogP contribution in [0.15, 0.2) is 42.5 Å². The van der Waals surface area contributed by atoms with Crippen LogP contribution >= 0.6 is 0 Å². The van der Waals surface area contributed by atoms with Crippen molar-refractivity contribution in [2.75, 3.05) is 18.8 Å². The van der Waals surface area contributed by atoms with Crippen LogP contribution in [-0.2, 0) is 11.2 Å². The molecule has 0 bridgehead atoms. The highest BCUT2D eigenvalue weighted by Crippen LogP contribution is 2.24. The fourth-order valence-electron chi connectivity index (χ4n) is 3.40. The summed E-state index contributed by atoms with van der Waals surface area (Å²) < 4.78 is 6.19. The smallest absolute Gasteiger partial charge is 0.222 e. The van der Waals surface area contributed by atoms with E-state index in [1.165, 1.54) is 5.56 Å². The van der Waals surface area contributed by atoms with Gasteiger partial charge in [0.15, 0.2) is 0 Å². The molecule has 0 radical (unpaired) electrons.